The Morgan fingerprint density at radius 1 is 1.17 bits per heavy atom. The molecule has 0 aromatic heterocycles. The lowest BCUT2D eigenvalue weighted by molar-refractivity contribution is 0.0840. The molecule has 1 aliphatic rings. The van der Waals surface area contributed by atoms with Crippen LogP contribution in [0.4, 0.5) is 10.5 Å². The van der Waals surface area contributed by atoms with Crippen molar-refractivity contribution >= 4 is 11.8 Å². The van der Waals surface area contributed by atoms with Gasteiger partial charge in [-0.2, -0.15) is 0 Å². The summed E-state index contributed by atoms with van der Waals surface area (Å²) in [7, 11) is 0. The third-order valence-corrected chi connectivity index (χ3v) is 4.36. The van der Waals surface area contributed by atoms with Crippen LogP contribution < -0.4 is 5.73 Å². The fourth-order valence-electron chi connectivity index (χ4n) is 3.17. The van der Waals surface area contributed by atoms with Gasteiger partial charge in [0, 0.05) is 18.3 Å². The van der Waals surface area contributed by atoms with Crippen LogP contribution in [-0.2, 0) is 24.2 Å². The number of ether oxygens (including phenoxy) is 1. The Labute approximate surface area is 136 Å². The van der Waals surface area contributed by atoms with Gasteiger partial charge in [0.1, 0.15) is 6.61 Å². The summed E-state index contributed by atoms with van der Waals surface area (Å²) in [6.07, 6.45) is 1.46. The van der Waals surface area contributed by atoms with Gasteiger partial charge in [0.05, 0.1) is 0 Å². The second-order valence-electron chi connectivity index (χ2n) is 5.92. The van der Waals surface area contributed by atoms with Gasteiger partial charge in [-0.05, 0) is 48.6 Å². The number of rotatable bonds is 4. The summed E-state index contributed by atoms with van der Waals surface area (Å²) in [5.41, 5.74) is 10.1. The summed E-state index contributed by atoms with van der Waals surface area (Å²) in [4.78, 5) is 14.3. The first kappa shape index (κ1) is 15.4. The van der Waals surface area contributed by atoms with E-state index < -0.39 is 0 Å². The molecule has 2 aromatic carbocycles. The van der Waals surface area contributed by atoms with E-state index in [4.69, 9.17) is 10.5 Å². The minimum absolute atomic E-state index is 0.153. The molecule has 0 saturated carbocycles. The number of carbonyl (C=O) groups is 1. The van der Waals surface area contributed by atoms with Gasteiger partial charge in [0.2, 0.25) is 0 Å². The van der Waals surface area contributed by atoms with Crippen LogP contribution in [0.25, 0.3) is 0 Å². The van der Waals surface area contributed by atoms with Crippen LogP contribution in [0.1, 0.15) is 23.6 Å². The first-order valence-corrected chi connectivity index (χ1v) is 8.02. The first-order valence-electron chi connectivity index (χ1n) is 8.02. The van der Waals surface area contributed by atoms with Crippen molar-refractivity contribution in [2.45, 2.75) is 32.4 Å². The standard InChI is InChI=1S/C19H22N2O2/c1-2-21(19(22)23-13-14-6-4-3-5-7-14)18-11-15-8-9-17(20)10-16(15)12-18/h3-10,18H,2,11-13,20H2,1H3. The van der Waals surface area contributed by atoms with Crippen LogP contribution in [0.3, 0.4) is 0 Å². The van der Waals surface area contributed by atoms with Crippen LogP contribution in [0.5, 0.6) is 0 Å². The number of hydrogen-bond donors (Lipinski definition) is 1. The average Bonchev–Trinajstić information content (AvgIpc) is 2.97. The second-order valence-corrected chi connectivity index (χ2v) is 5.92. The highest BCUT2D eigenvalue weighted by molar-refractivity contribution is 5.68. The van der Waals surface area contributed by atoms with Crippen molar-refractivity contribution in [3.8, 4) is 0 Å². The Morgan fingerprint density at radius 2 is 1.91 bits per heavy atom. The smallest absolute Gasteiger partial charge is 0.410 e. The number of nitrogens with zero attached hydrogens (tertiary/aromatic N) is 1. The minimum atomic E-state index is -0.248. The van der Waals surface area contributed by atoms with E-state index >= 15 is 0 Å². The summed E-state index contributed by atoms with van der Waals surface area (Å²) in [5, 5.41) is 0. The predicted molar refractivity (Wildman–Crippen MR) is 91.1 cm³/mol. The Kier molecular flexibility index (Phi) is 4.51. The topological polar surface area (TPSA) is 55.6 Å². The molecule has 0 spiro atoms. The molecule has 23 heavy (non-hydrogen) atoms. The Hall–Kier alpha value is -2.49. The van der Waals surface area contributed by atoms with Gasteiger partial charge in [-0.1, -0.05) is 36.4 Å². The number of benzene rings is 2. The number of nitrogen functional groups attached to an aromatic ring is 1. The zero-order chi connectivity index (χ0) is 16.2. The Bertz CT molecular complexity index is 685. The Balaban J connectivity index is 1.63. The number of fused-ring (bicyclic) bond motifs is 1. The number of amides is 1. The number of anilines is 1. The number of likely N-dealkylation sites (N-methyl/N-ethyl adjacent to an activating group) is 1. The molecule has 3 rings (SSSR count). The summed E-state index contributed by atoms with van der Waals surface area (Å²) in [6.45, 7) is 2.94. The van der Waals surface area contributed by atoms with Crippen molar-refractivity contribution < 1.29 is 9.53 Å². The largest absolute Gasteiger partial charge is 0.445 e. The minimum Gasteiger partial charge on any atom is -0.445 e. The summed E-state index contributed by atoms with van der Waals surface area (Å²) < 4.78 is 5.48. The fourth-order valence-corrected chi connectivity index (χ4v) is 3.17. The molecule has 4 heteroatoms. The lowest BCUT2D eigenvalue weighted by Crippen LogP contribution is -2.41. The van der Waals surface area contributed by atoms with E-state index in [1.165, 1.54) is 11.1 Å². The van der Waals surface area contributed by atoms with Crippen LogP contribution >= 0.6 is 0 Å². The molecule has 1 unspecified atom stereocenters. The lowest BCUT2D eigenvalue weighted by Gasteiger charge is -2.26. The zero-order valence-electron chi connectivity index (χ0n) is 13.4. The molecule has 2 aromatic rings. The highest BCUT2D eigenvalue weighted by Crippen LogP contribution is 2.27. The van der Waals surface area contributed by atoms with Crippen LogP contribution in [0.2, 0.25) is 0 Å². The van der Waals surface area contributed by atoms with E-state index in [1.807, 2.05) is 54.3 Å². The number of nitrogens with two attached hydrogens (primary N) is 1. The first-order chi connectivity index (χ1) is 11.2. The number of hydrogen-bond acceptors (Lipinski definition) is 3. The number of carbonyl (C=O) groups excluding carboxylic acids is 1. The highest BCUT2D eigenvalue weighted by atomic mass is 16.6. The molecule has 0 radical (unpaired) electrons. The van der Waals surface area contributed by atoms with Crippen molar-refractivity contribution in [1.29, 1.82) is 0 Å². The van der Waals surface area contributed by atoms with E-state index in [9.17, 15) is 4.79 Å². The van der Waals surface area contributed by atoms with Crippen molar-refractivity contribution in [1.82, 2.24) is 4.90 Å². The van der Waals surface area contributed by atoms with Crippen molar-refractivity contribution in [3.05, 3.63) is 65.2 Å². The molecule has 120 valence electrons. The summed E-state index contributed by atoms with van der Waals surface area (Å²) >= 11 is 0. The van der Waals surface area contributed by atoms with Crippen molar-refractivity contribution in [3.63, 3.8) is 0 Å². The molecule has 4 nitrogen and oxygen atoms in total. The van der Waals surface area contributed by atoms with Gasteiger partial charge < -0.3 is 15.4 Å². The van der Waals surface area contributed by atoms with Gasteiger partial charge in [-0.25, -0.2) is 4.79 Å². The molecule has 1 aliphatic carbocycles. The third kappa shape index (κ3) is 3.47. The second kappa shape index (κ2) is 6.73. The van der Waals surface area contributed by atoms with Crippen molar-refractivity contribution in [2.24, 2.45) is 0 Å². The molecular weight excluding hydrogens is 288 g/mol. The molecule has 0 aliphatic heterocycles. The van der Waals surface area contributed by atoms with Crippen LogP contribution in [0, 0.1) is 0 Å². The maximum absolute atomic E-state index is 12.4. The monoisotopic (exact) mass is 310 g/mol. The molecule has 1 atom stereocenters. The summed E-state index contributed by atoms with van der Waals surface area (Å²) in [5.74, 6) is 0. The normalized spacial score (nSPS) is 16.0. The molecular formula is C19H22N2O2. The predicted octanol–water partition coefficient (Wildman–Crippen LogP) is 3.39. The third-order valence-electron chi connectivity index (χ3n) is 4.36. The van der Waals surface area contributed by atoms with Crippen LogP contribution in [-0.4, -0.2) is 23.6 Å². The fraction of sp³-hybridized carbons (Fsp3) is 0.316. The van der Waals surface area contributed by atoms with E-state index in [0.717, 1.165) is 24.1 Å². The lowest BCUT2D eigenvalue weighted by atomic mass is 10.1. The molecule has 2 N–H and O–H groups in total. The van der Waals surface area contributed by atoms with Gasteiger partial charge in [0.25, 0.3) is 0 Å². The van der Waals surface area contributed by atoms with Crippen molar-refractivity contribution in [2.75, 3.05) is 12.3 Å². The molecule has 0 saturated heterocycles. The maximum atomic E-state index is 12.4. The Morgan fingerprint density at radius 3 is 2.65 bits per heavy atom. The highest BCUT2D eigenvalue weighted by Gasteiger charge is 2.30. The quantitative estimate of drug-likeness (QED) is 0.881. The zero-order valence-corrected chi connectivity index (χ0v) is 13.4. The summed E-state index contributed by atoms with van der Waals surface area (Å²) in [6, 6.07) is 15.9. The molecule has 1 amide bonds. The van der Waals surface area contributed by atoms with E-state index in [2.05, 4.69) is 6.07 Å². The van der Waals surface area contributed by atoms with Gasteiger partial charge in [-0.15, -0.1) is 0 Å². The van der Waals surface area contributed by atoms with Crippen LogP contribution in [0.15, 0.2) is 48.5 Å². The average molecular weight is 310 g/mol. The van der Waals surface area contributed by atoms with Gasteiger partial charge >= 0.3 is 6.09 Å². The van der Waals surface area contributed by atoms with Gasteiger partial charge in [0.15, 0.2) is 0 Å². The van der Waals surface area contributed by atoms with E-state index in [1.54, 1.807) is 0 Å². The SMILES string of the molecule is CCN(C(=O)OCc1ccccc1)C1Cc2ccc(N)cc2C1. The molecule has 0 bridgehead atoms. The maximum Gasteiger partial charge on any atom is 0.410 e. The van der Waals surface area contributed by atoms with E-state index in [-0.39, 0.29) is 12.1 Å². The van der Waals surface area contributed by atoms with E-state index in [0.29, 0.717) is 13.2 Å². The molecule has 0 heterocycles. The molecule has 0 fully saturated rings. The van der Waals surface area contributed by atoms with Gasteiger partial charge in [-0.3, -0.25) is 0 Å².